The van der Waals surface area contributed by atoms with Gasteiger partial charge in [-0.3, -0.25) is 4.90 Å². The summed E-state index contributed by atoms with van der Waals surface area (Å²) in [6.45, 7) is 5.84. The van der Waals surface area contributed by atoms with Crippen molar-refractivity contribution in [2.75, 3.05) is 40.5 Å². The highest BCUT2D eigenvalue weighted by Crippen LogP contribution is 2.44. The highest BCUT2D eigenvalue weighted by atomic mass is 16.5. The second-order valence-corrected chi connectivity index (χ2v) is 6.00. The van der Waals surface area contributed by atoms with Gasteiger partial charge in [-0.2, -0.15) is 0 Å². The summed E-state index contributed by atoms with van der Waals surface area (Å²) in [4.78, 5) is 2.54. The molecule has 0 bridgehead atoms. The summed E-state index contributed by atoms with van der Waals surface area (Å²) in [5, 5.41) is 0. The van der Waals surface area contributed by atoms with Crippen molar-refractivity contribution in [2.24, 2.45) is 17.6 Å². The molecule has 4 heteroatoms. The molecule has 1 aliphatic carbocycles. The minimum Gasteiger partial charge on any atom is -0.383 e. The van der Waals surface area contributed by atoms with Crippen LogP contribution in [-0.4, -0.2) is 57.0 Å². The molecule has 1 saturated carbocycles. The Morgan fingerprint density at radius 2 is 2.00 bits per heavy atom. The van der Waals surface area contributed by atoms with Gasteiger partial charge >= 0.3 is 0 Å². The lowest BCUT2D eigenvalue weighted by atomic mass is 9.86. The topological polar surface area (TPSA) is 47.7 Å². The maximum absolute atomic E-state index is 6.12. The zero-order valence-corrected chi connectivity index (χ0v) is 12.0. The molecule has 106 valence electrons. The average molecular weight is 256 g/mol. The molecule has 3 atom stereocenters. The van der Waals surface area contributed by atoms with Gasteiger partial charge < -0.3 is 15.2 Å². The molecule has 0 amide bonds. The lowest BCUT2D eigenvalue weighted by molar-refractivity contribution is -0.0728. The van der Waals surface area contributed by atoms with Gasteiger partial charge in [0.25, 0.3) is 0 Å². The van der Waals surface area contributed by atoms with Crippen molar-refractivity contribution in [3.05, 3.63) is 0 Å². The van der Waals surface area contributed by atoms with E-state index in [2.05, 4.69) is 11.8 Å². The Labute approximate surface area is 111 Å². The number of hydrogen-bond acceptors (Lipinski definition) is 4. The van der Waals surface area contributed by atoms with E-state index in [-0.39, 0.29) is 5.54 Å². The Bertz CT molecular complexity index is 271. The SMILES string of the molecule is COCC(CN)(C1CC1)N1CCC(C)C(OC)C1. The van der Waals surface area contributed by atoms with Gasteiger partial charge in [0.15, 0.2) is 0 Å². The van der Waals surface area contributed by atoms with Crippen molar-refractivity contribution in [1.82, 2.24) is 4.90 Å². The fraction of sp³-hybridized carbons (Fsp3) is 1.00. The van der Waals surface area contributed by atoms with Crippen LogP contribution < -0.4 is 5.73 Å². The second-order valence-electron chi connectivity index (χ2n) is 6.00. The second kappa shape index (κ2) is 5.87. The molecule has 2 aliphatic rings. The van der Waals surface area contributed by atoms with E-state index in [0.29, 0.717) is 24.5 Å². The van der Waals surface area contributed by atoms with Crippen LogP contribution in [0.25, 0.3) is 0 Å². The summed E-state index contributed by atoms with van der Waals surface area (Å²) in [6.07, 6.45) is 4.12. The van der Waals surface area contributed by atoms with Crippen LogP contribution in [0.4, 0.5) is 0 Å². The number of nitrogens with zero attached hydrogens (tertiary/aromatic N) is 1. The molecular formula is C14H28N2O2. The first-order valence-corrected chi connectivity index (χ1v) is 7.14. The minimum atomic E-state index is 0.0473. The third-order valence-corrected chi connectivity index (χ3v) is 4.91. The highest BCUT2D eigenvalue weighted by Gasteiger charge is 2.50. The van der Waals surface area contributed by atoms with Gasteiger partial charge in [-0.05, 0) is 37.6 Å². The van der Waals surface area contributed by atoms with Gasteiger partial charge in [-0.15, -0.1) is 0 Å². The van der Waals surface area contributed by atoms with Gasteiger partial charge in [-0.25, -0.2) is 0 Å². The van der Waals surface area contributed by atoms with Crippen LogP contribution in [0, 0.1) is 11.8 Å². The normalized spacial score (nSPS) is 33.3. The predicted molar refractivity (Wildman–Crippen MR) is 72.5 cm³/mol. The Balaban J connectivity index is 2.10. The first kappa shape index (κ1) is 14.3. The van der Waals surface area contributed by atoms with Crippen LogP contribution in [0.15, 0.2) is 0 Å². The van der Waals surface area contributed by atoms with E-state index < -0.39 is 0 Å². The zero-order valence-electron chi connectivity index (χ0n) is 12.0. The summed E-state index contributed by atoms with van der Waals surface area (Å²) >= 11 is 0. The number of methoxy groups -OCH3 is 2. The number of likely N-dealkylation sites (tertiary alicyclic amines) is 1. The third kappa shape index (κ3) is 2.57. The molecule has 0 spiro atoms. The van der Waals surface area contributed by atoms with Gasteiger partial charge in [0.05, 0.1) is 18.2 Å². The van der Waals surface area contributed by atoms with Crippen LogP contribution in [0.3, 0.4) is 0 Å². The molecule has 0 aromatic carbocycles. The Morgan fingerprint density at radius 3 is 2.50 bits per heavy atom. The fourth-order valence-corrected chi connectivity index (χ4v) is 3.44. The Kier molecular flexibility index (Phi) is 4.64. The molecule has 0 radical (unpaired) electrons. The lowest BCUT2D eigenvalue weighted by Crippen LogP contribution is -2.63. The Morgan fingerprint density at radius 1 is 1.28 bits per heavy atom. The summed E-state index contributed by atoms with van der Waals surface area (Å²) in [5.41, 5.74) is 6.17. The molecule has 3 unspecified atom stereocenters. The molecule has 2 fully saturated rings. The highest BCUT2D eigenvalue weighted by molar-refractivity contribution is 5.05. The van der Waals surface area contributed by atoms with E-state index in [1.54, 1.807) is 7.11 Å². The zero-order chi connectivity index (χ0) is 13.2. The quantitative estimate of drug-likeness (QED) is 0.773. The molecule has 0 aromatic heterocycles. The molecule has 18 heavy (non-hydrogen) atoms. The van der Waals surface area contributed by atoms with Crippen LogP contribution in [0.5, 0.6) is 0 Å². The maximum atomic E-state index is 6.12. The molecule has 1 heterocycles. The van der Waals surface area contributed by atoms with E-state index in [1.165, 1.54) is 19.3 Å². The average Bonchev–Trinajstić information content (AvgIpc) is 3.21. The molecule has 1 aliphatic heterocycles. The summed E-state index contributed by atoms with van der Waals surface area (Å²) in [5.74, 6) is 1.36. The Hall–Kier alpha value is -0.160. The summed E-state index contributed by atoms with van der Waals surface area (Å²) < 4.78 is 11.1. The van der Waals surface area contributed by atoms with Gasteiger partial charge in [0.2, 0.25) is 0 Å². The van der Waals surface area contributed by atoms with E-state index in [4.69, 9.17) is 15.2 Å². The van der Waals surface area contributed by atoms with Gasteiger partial charge in [0.1, 0.15) is 0 Å². The molecule has 4 nitrogen and oxygen atoms in total. The number of piperidine rings is 1. The smallest absolute Gasteiger partial charge is 0.0724 e. The summed E-state index contributed by atoms with van der Waals surface area (Å²) in [7, 11) is 3.61. The van der Waals surface area contributed by atoms with Crippen molar-refractivity contribution in [1.29, 1.82) is 0 Å². The molecule has 0 aromatic rings. The predicted octanol–water partition coefficient (Wildman–Crippen LogP) is 1.10. The monoisotopic (exact) mass is 256 g/mol. The third-order valence-electron chi connectivity index (χ3n) is 4.91. The first-order chi connectivity index (χ1) is 8.67. The van der Waals surface area contributed by atoms with Crippen LogP contribution >= 0.6 is 0 Å². The standard InChI is InChI=1S/C14H28N2O2/c1-11-6-7-16(8-13(11)18-3)14(9-15,10-17-2)12-4-5-12/h11-13H,4-10,15H2,1-3H3. The van der Waals surface area contributed by atoms with Crippen molar-refractivity contribution in [3.63, 3.8) is 0 Å². The van der Waals surface area contributed by atoms with Gasteiger partial charge in [0, 0.05) is 27.3 Å². The van der Waals surface area contributed by atoms with Crippen molar-refractivity contribution in [2.45, 2.75) is 37.8 Å². The minimum absolute atomic E-state index is 0.0473. The van der Waals surface area contributed by atoms with Crippen LogP contribution in [-0.2, 0) is 9.47 Å². The van der Waals surface area contributed by atoms with E-state index >= 15 is 0 Å². The van der Waals surface area contributed by atoms with Crippen molar-refractivity contribution in [3.8, 4) is 0 Å². The van der Waals surface area contributed by atoms with E-state index in [9.17, 15) is 0 Å². The van der Waals surface area contributed by atoms with Gasteiger partial charge in [-0.1, -0.05) is 6.92 Å². The lowest BCUT2D eigenvalue weighted by Gasteiger charge is -2.48. The maximum Gasteiger partial charge on any atom is 0.0724 e. The largest absolute Gasteiger partial charge is 0.383 e. The molecule has 1 saturated heterocycles. The first-order valence-electron chi connectivity index (χ1n) is 7.14. The van der Waals surface area contributed by atoms with Crippen molar-refractivity contribution < 1.29 is 9.47 Å². The summed E-state index contributed by atoms with van der Waals surface area (Å²) in [6, 6.07) is 0. The number of nitrogens with two attached hydrogens (primary N) is 1. The van der Waals surface area contributed by atoms with Crippen LogP contribution in [0.1, 0.15) is 26.2 Å². The molecule has 2 rings (SSSR count). The fourth-order valence-electron chi connectivity index (χ4n) is 3.44. The van der Waals surface area contributed by atoms with Crippen LogP contribution in [0.2, 0.25) is 0 Å². The number of rotatable bonds is 6. The van der Waals surface area contributed by atoms with E-state index in [0.717, 1.165) is 19.7 Å². The number of hydrogen-bond donors (Lipinski definition) is 1. The number of ether oxygens (including phenoxy) is 2. The van der Waals surface area contributed by atoms with Crippen molar-refractivity contribution >= 4 is 0 Å². The molecule has 2 N–H and O–H groups in total. The molecular weight excluding hydrogens is 228 g/mol. The van der Waals surface area contributed by atoms with E-state index in [1.807, 2.05) is 7.11 Å².